The predicted octanol–water partition coefficient (Wildman–Crippen LogP) is 1.84. The Bertz CT molecular complexity index is 409. The van der Waals surface area contributed by atoms with Crippen LogP contribution in [0.2, 0.25) is 0 Å². The van der Waals surface area contributed by atoms with Crippen LogP contribution in [0, 0.1) is 0 Å². The van der Waals surface area contributed by atoms with Gasteiger partial charge in [0, 0.05) is 20.0 Å². The summed E-state index contributed by atoms with van der Waals surface area (Å²) in [6.45, 7) is 0.537. The van der Waals surface area contributed by atoms with E-state index in [-0.39, 0.29) is 18.9 Å². The fourth-order valence-corrected chi connectivity index (χ4v) is 2.16. The van der Waals surface area contributed by atoms with Gasteiger partial charge in [0.2, 0.25) is 5.91 Å². The lowest BCUT2D eigenvalue weighted by atomic mass is 10.1. The molecule has 1 N–H and O–H groups in total. The zero-order valence-electron chi connectivity index (χ0n) is 10.6. The number of ether oxygens (including phenoxy) is 1. The number of hydrogen-bond donors (Lipinski definition) is 1. The number of carbonyl (C=O) groups is 1. The van der Waals surface area contributed by atoms with Crippen LogP contribution < -0.4 is 4.74 Å². The minimum absolute atomic E-state index is 0.0370. The number of hydrogen-bond acceptors (Lipinski definition) is 3. The standard InChI is InChI=1S/C13H18BrNO3/c1-15(13(17)6-8-16)7-5-10-3-4-12(18-2)11(14)9-10/h3-4,9,16H,5-8H2,1-2H3. The number of amides is 1. The fourth-order valence-electron chi connectivity index (χ4n) is 1.57. The van der Waals surface area contributed by atoms with Gasteiger partial charge in [-0.05, 0) is 40.0 Å². The summed E-state index contributed by atoms with van der Waals surface area (Å²) in [5, 5.41) is 8.70. The van der Waals surface area contributed by atoms with Gasteiger partial charge < -0.3 is 14.7 Å². The summed E-state index contributed by atoms with van der Waals surface area (Å²) < 4.78 is 6.07. The zero-order chi connectivity index (χ0) is 13.5. The third-order valence-electron chi connectivity index (χ3n) is 2.70. The van der Waals surface area contributed by atoms with E-state index in [9.17, 15) is 4.79 Å². The van der Waals surface area contributed by atoms with E-state index in [0.29, 0.717) is 6.54 Å². The lowest BCUT2D eigenvalue weighted by Gasteiger charge is -2.16. The molecule has 0 heterocycles. The molecule has 0 radical (unpaired) electrons. The largest absolute Gasteiger partial charge is 0.496 e. The Morgan fingerprint density at radius 1 is 1.50 bits per heavy atom. The zero-order valence-corrected chi connectivity index (χ0v) is 12.2. The number of rotatable bonds is 6. The minimum Gasteiger partial charge on any atom is -0.496 e. The van der Waals surface area contributed by atoms with Gasteiger partial charge in [-0.2, -0.15) is 0 Å². The van der Waals surface area contributed by atoms with Crippen LogP contribution in [0.4, 0.5) is 0 Å². The number of nitrogens with zero attached hydrogens (tertiary/aromatic N) is 1. The molecule has 0 atom stereocenters. The van der Waals surface area contributed by atoms with Crippen molar-refractivity contribution in [2.45, 2.75) is 12.8 Å². The highest BCUT2D eigenvalue weighted by Crippen LogP contribution is 2.25. The molecule has 100 valence electrons. The van der Waals surface area contributed by atoms with Gasteiger partial charge in [0.15, 0.2) is 0 Å². The molecule has 0 spiro atoms. The van der Waals surface area contributed by atoms with Crippen molar-refractivity contribution in [2.24, 2.45) is 0 Å². The highest BCUT2D eigenvalue weighted by atomic mass is 79.9. The Morgan fingerprint density at radius 2 is 2.22 bits per heavy atom. The van der Waals surface area contributed by atoms with Crippen LogP contribution in [0.25, 0.3) is 0 Å². The van der Waals surface area contributed by atoms with Crippen LogP contribution in [0.1, 0.15) is 12.0 Å². The second-order valence-corrected chi connectivity index (χ2v) is 4.86. The Kier molecular flexibility index (Phi) is 6.15. The molecule has 1 rings (SSSR count). The van der Waals surface area contributed by atoms with E-state index in [1.807, 2.05) is 18.2 Å². The molecule has 0 aliphatic heterocycles. The molecule has 0 unspecified atom stereocenters. The van der Waals surface area contributed by atoms with Gasteiger partial charge in [0.25, 0.3) is 0 Å². The number of likely N-dealkylation sites (N-methyl/N-ethyl adjacent to an activating group) is 1. The third kappa shape index (κ3) is 4.31. The SMILES string of the molecule is COc1ccc(CCN(C)C(=O)CCO)cc1Br. The second kappa shape index (κ2) is 7.38. The van der Waals surface area contributed by atoms with Gasteiger partial charge in [0.05, 0.1) is 18.2 Å². The first-order chi connectivity index (χ1) is 8.58. The highest BCUT2D eigenvalue weighted by Gasteiger charge is 2.08. The Hall–Kier alpha value is -1.07. The summed E-state index contributed by atoms with van der Waals surface area (Å²) >= 11 is 3.43. The van der Waals surface area contributed by atoms with E-state index in [0.717, 1.165) is 22.2 Å². The van der Waals surface area contributed by atoms with Gasteiger partial charge in [0.1, 0.15) is 5.75 Å². The van der Waals surface area contributed by atoms with Crippen molar-refractivity contribution >= 4 is 21.8 Å². The van der Waals surface area contributed by atoms with Crippen molar-refractivity contribution < 1.29 is 14.6 Å². The molecule has 0 fully saturated rings. The smallest absolute Gasteiger partial charge is 0.224 e. The summed E-state index contributed by atoms with van der Waals surface area (Å²) in [5.74, 6) is 0.758. The lowest BCUT2D eigenvalue weighted by molar-refractivity contribution is -0.130. The quantitative estimate of drug-likeness (QED) is 0.871. The van der Waals surface area contributed by atoms with Gasteiger partial charge in [-0.15, -0.1) is 0 Å². The summed E-state index contributed by atoms with van der Waals surface area (Å²) in [5.41, 5.74) is 1.13. The van der Waals surface area contributed by atoms with Gasteiger partial charge in [-0.25, -0.2) is 0 Å². The normalized spacial score (nSPS) is 10.2. The maximum absolute atomic E-state index is 11.5. The molecule has 0 saturated heterocycles. The lowest BCUT2D eigenvalue weighted by Crippen LogP contribution is -2.29. The first-order valence-corrected chi connectivity index (χ1v) is 6.55. The molecule has 4 nitrogen and oxygen atoms in total. The number of benzene rings is 1. The van der Waals surface area contributed by atoms with Crippen molar-refractivity contribution in [3.8, 4) is 5.75 Å². The predicted molar refractivity (Wildman–Crippen MR) is 73.7 cm³/mol. The molecule has 0 aliphatic carbocycles. The summed E-state index contributed by atoms with van der Waals surface area (Å²) in [4.78, 5) is 13.1. The van der Waals surface area contributed by atoms with E-state index >= 15 is 0 Å². The molecule has 5 heteroatoms. The van der Waals surface area contributed by atoms with E-state index in [2.05, 4.69) is 15.9 Å². The van der Waals surface area contributed by atoms with Gasteiger partial charge >= 0.3 is 0 Å². The minimum atomic E-state index is -0.0999. The summed E-state index contributed by atoms with van der Waals surface area (Å²) in [6.07, 6.45) is 0.957. The van der Waals surface area contributed by atoms with Crippen molar-refractivity contribution in [3.63, 3.8) is 0 Å². The summed E-state index contributed by atoms with van der Waals surface area (Å²) in [6, 6.07) is 5.87. The molecule has 0 aliphatic rings. The van der Waals surface area contributed by atoms with Crippen molar-refractivity contribution in [1.82, 2.24) is 4.90 Å². The second-order valence-electron chi connectivity index (χ2n) is 4.01. The molecule has 1 aromatic carbocycles. The van der Waals surface area contributed by atoms with Crippen LogP contribution in [0.3, 0.4) is 0 Å². The number of aliphatic hydroxyl groups excluding tert-OH is 1. The van der Waals surface area contributed by atoms with Crippen LogP contribution in [0.5, 0.6) is 5.75 Å². The van der Waals surface area contributed by atoms with Gasteiger partial charge in [-0.3, -0.25) is 4.79 Å². The van der Waals surface area contributed by atoms with Crippen LogP contribution in [-0.4, -0.2) is 43.2 Å². The molecule has 1 amide bonds. The van der Waals surface area contributed by atoms with Gasteiger partial charge in [-0.1, -0.05) is 6.07 Å². The monoisotopic (exact) mass is 315 g/mol. The average Bonchev–Trinajstić information content (AvgIpc) is 2.36. The highest BCUT2D eigenvalue weighted by molar-refractivity contribution is 9.10. The van der Waals surface area contributed by atoms with E-state index < -0.39 is 0 Å². The number of aliphatic hydroxyl groups is 1. The van der Waals surface area contributed by atoms with Crippen molar-refractivity contribution in [3.05, 3.63) is 28.2 Å². The van der Waals surface area contributed by atoms with E-state index in [4.69, 9.17) is 9.84 Å². The Labute approximate surface area is 116 Å². The van der Waals surface area contributed by atoms with Crippen molar-refractivity contribution in [1.29, 1.82) is 0 Å². The molecular weight excluding hydrogens is 298 g/mol. The first kappa shape index (κ1) is 15.0. The molecule has 0 aromatic heterocycles. The van der Waals surface area contributed by atoms with Crippen LogP contribution >= 0.6 is 15.9 Å². The topological polar surface area (TPSA) is 49.8 Å². The number of carbonyl (C=O) groups excluding carboxylic acids is 1. The molecular formula is C13H18BrNO3. The fraction of sp³-hybridized carbons (Fsp3) is 0.462. The number of methoxy groups -OCH3 is 1. The third-order valence-corrected chi connectivity index (χ3v) is 3.32. The molecule has 0 saturated carbocycles. The number of halogens is 1. The van der Waals surface area contributed by atoms with Crippen LogP contribution in [-0.2, 0) is 11.2 Å². The first-order valence-electron chi connectivity index (χ1n) is 5.75. The molecule has 1 aromatic rings. The summed E-state index contributed by atoms with van der Waals surface area (Å²) in [7, 11) is 3.37. The maximum Gasteiger partial charge on any atom is 0.224 e. The Balaban J connectivity index is 2.53. The molecule has 18 heavy (non-hydrogen) atoms. The van der Waals surface area contributed by atoms with Crippen molar-refractivity contribution in [2.75, 3.05) is 27.3 Å². The maximum atomic E-state index is 11.5. The molecule has 0 bridgehead atoms. The Morgan fingerprint density at radius 3 is 2.78 bits per heavy atom. The average molecular weight is 316 g/mol. The van der Waals surface area contributed by atoms with Crippen LogP contribution in [0.15, 0.2) is 22.7 Å². The van der Waals surface area contributed by atoms with E-state index in [1.54, 1.807) is 19.1 Å². The van der Waals surface area contributed by atoms with E-state index in [1.165, 1.54) is 0 Å².